The van der Waals surface area contributed by atoms with Gasteiger partial charge in [-0.15, -0.1) is 0 Å². The number of ether oxygens (including phenoxy) is 1. The highest BCUT2D eigenvalue weighted by Crippen LogP contribution is 2.52. The zero-order chi connectivity index (χ0) is 23.3. The molecule has 0 aromatic rings. The van der Waals surface area contributed by atoms with E-state index in [0.29, 0.717) is 18.1 Å². The number of carboxylic acids is 1. The van der Waals surface area contributed by atoms with Gasteiger partial charge in [0.1, 0.15) is 6.10 Å². The third kappa shape index (κ3) is 5.65. The van der Waals surface area contributed by atoms with E-state index in [1.54, 1.807) is 0 Å². The van der Waals surface area contributed by atoms with Crippen molar-refractivity contribution in [2.75, 3.05) is 32.8 Å². The summed E-state index contributed by atoms with van der Waals surface area (Å²) in [6.45, 7) is 8.63. The Morgan fingerprint density at radius 2 is 1.31 bits per heavy atom. The molecular formula is C24H45N3O5. The zero-order valence-corrected chi connectivity index (χ0v) is 20.3. The summed E-state index contributed by atoms with van der Waals surface area (Å²) in [5, 5.41) is 29.5. The van der Waals surface area contributed by atoms with Crippen molar-refractivity contribution in [3.8, 4) is 0 Å². The molecule has 8 nitrogen and oxygen atoms in total. The molecule has 0 radical (unpaired) electrons. The Morgan fingerprint density at radius 1 is 0.906 bits per heavy atom. The molecule has 0 spiro atoms. The lowest BCUT2D eigenvalue weighted by atomic mass is 10.1. The number of aliphatic hydroxyl groups excluding tert-OH is 2. The fourth-order valence-electron chi connectivity index (χ4n) is 5.37. The zero-order valence-electron chi connectivity index (χ0n) is 20.3. The predicted molar refractivity (Wildman–Crippen MR) is 123 cm³/mol. The third-order valence-electron chi connectivity index (χ3n) is 7.33. The minimum atomic E-state index is -1.09. The molecular weight excluding hydrogens is 410 g/mol. The molecule has 0 aromatic carbocycles. The van der Waals surface area contributed by atoms with Gasteiger partial charge in [0, 0.05) is 37.8 Å². The lowest BCUT2D eigenvalue weighted by molar-refractivity contribution is -0.191. The van der Waals surface area contributed by atoms with Gasteiger partial charge in [-0.3, -0.25) is 14.7 Å². The van der Waals surface area contributed by atoms with Crippen molar-refractivity contribution in [2.45, 2.75) is 115 Å². The normalized spacial score (nSPS) is 34.5. The summed E-state index contributed by atoms with van der Waals surface area (Å²) in [5.41, 5.74) is 0. The molecule has 3 aliphatic rings. The van der Waals surface area contributed by atoms with Crippen LogP contribution in [-0.4, -0.2) is 105 Å². The van der Waals surface area contributed by atoms with Crippen molar-refractivity contribution in [3.05, 3.63) is 0 Å². The van der Waals surface area contributed by atoms with E-state index in [-0.39, 0.29) is 6.61 Å². The number of aliphatic hydroxyl groups is 2. The Labute approximate surface area is 193 Å². The standard InChI is InChI=1S/C24H45N3O5/c1-4-7-10-18-13-25(18)24(26-14-19(26)11-8-5-2,27-15-20(27)12-9-6-3)22(23(30)31)32-17-21(29)16-28/h18-22,28-29H,4-17H2,1-3H3,(H,30,31). The topological polar surface area (TPSA) is 96.0 Å². The van der Waals surface area contributed by atoms with Crippen molar-refractivity contribution in [2.24, 2.45) is 0 Å². The van der Waals surface area contributed by atoms with Gasteiger partial charge in [0.05, 0.1) is 13.2 Å². The van der Waals surface area contributed by atoms with Crippen LogP contribution in [0.5, 0.6) is 0 Å². The lowest BCUT2D eigenvalue weighted by Gasteiger charge is -2.44. The second-order valence-corrected chi connectivity index (χ2v) is 9.92. The Balaban J connectivity index is 1.90. The van der Waals surface area contributed by atoms with Crippen LogP contribution in [0, 0.1) is 0 Å². The average molecular weight is 456 g/mol. The van der Waals surface area contributed by atoms with E-state index in [0.717, 1.165) is 77.4 Å². The summed E-state index contributed by atoms with van der Waals surface area (Å²) in [6, 6.07) is 1.13. The Bertz CT molecular complexity index is 551. The van der Waals surface area contributed by atoms with E-state index in [4.69, 9.17) is 4.74 Å². The van der Waals surface area contributed by atoms with Gasteiger partial charge in [0.25, 0.3) is 0 Å². The summed E-state index contributed by atoms with van der Waals surface area (Å²) in [6.07, 6.45) is 7.86. The van der Waals surface area contributed by atoms with E-state index in [1.807, 2.05) is 0 Å². The first-order valence-electron chi connectivity index (χ1n) is 12.9. The Morgan fingerprint density at radius 3 is 1.62 bits per heavy atom. The number of hydrogen-bond donors (Lipinski definition) is 3. The predicted octanol–water partition coefficient (Wildman–Crippen LogP) is 2.09. The van der Waals surface area contributed by atoms with Gasteiger partial charge >= 0.3 is 5.97 Å². The first-order chi connectivity index (χ1) is 15.4. The van der Waals surface area contributed by atoms with Gasteiger partial charge in [-0.05, 0) is 19.3 Å². The van der Waals surface area contributed by atoms with Crippen molar-refractivity contribution >= 4 is 5.97 Å². The van der Waals surface area contributed by atoms with Gasteiger partial charge < -0.3 is 20.1 Å². The fraction of sp³-hybridized carbons (Fsp3) is 0.958. The molecule has 3 heterocycles. The first-order valence-corrected chi connectivity index (χ1v) is 12.9. The van der Waals surface area contributed by atoms with E-state index in [9.17, 15) is 20.1 Å². The third-order valence-corrected chi connectivity index (χ3v) is 7.33. The van der Waals surface area contributed by atoms with Crippen LogP contribution in [0.15, 0.2) is 0 Å². The Hall–Kier alpha value is -0.770. The molecule has 0 bridgehead atoms. The number of nitrogens with zero attached hydrogens (tertiary/aromatic N) is 3. The van der Waals surface area contributed by atoms with E-state index in [1.165, 1.54) is 0 Å². The molecule has 3 rings (SSSR count). The summed E-state index contributed by atoms with van der Waals surface area (Å²) >= 11 is 0. The average Bonchev–Trinajstić information content (AvgIpc) is 3.66. The second-order valence-electron chi connectivity index (χ2n) is 9.92. The molecule has 3 N–H and O–H groups in total. The molecule has 0 amide bonds. The first kappa shape index (κ1) is 25.8. The summed E-state index contributed by atoms with van der Waals surface area (Å²) < 4.78 is 5.95. The summed E-state index contributed by atoms with van der Waals surface area (Å²) in [7, 11) is 0. The van der Waals surface area contributed by atoms with Gasteiger partial charge in [-0.25, -0.2) is 4.79 Å². The van der Waals surface area contributed by atoms with Crippen LogP contribution in [0.25, 0.3) is 0 Å². The molecule has 8 unspecified atom stereocenters. The monoisotopic (exact) mass is 455 g/mol. The highest BCUT2D eigenvalue weighted by Gasteiger charge is 2.71. The molecule has 3 fully saturated rings. The Kier molecular flexibility index (Phi) is 9.35. The van der Waals surface area contributed by atoms with Crippen LogP contribution < -0.4 is 0 Å². The molecule has 3 aliphatic heterocycles. The van der Waals surface area contributed by atoms with Gasteiger partial charge in [0.15, 0.2) is 5.79 Å². The SMILES string of the molecule is CCCCC1CN1C(C(OCC(O)CO)C(=O)O)(N1CC1CCCC)N1CC1CCCC. The largest absolute Gasteiger partial charge is 0.479 e. The molecule has 0 aromatic heterocycles. The van der Waals surface area contributed by atoms with E-state index in [2.05, 4.69) is 35.5 Å². The van der Waals surface area contributed by atoms with Crippen molar-refractivity contribution < 1.29 is 24.9 Å². The van der Waals surface area contributed by atoms with Gasteiger partial charge in [-0.1, -0.05) is 59.3 Å². The summed E-state index contributed by atoms with van der Waals surface area (Å²) in [5.74, 6) is -1.78. The molecule has 3 saturated heterocycles. The number of rotatable bonds is 18. The molecule has 0 aliphatic carbocycles. The molecule has 0 saturated carbocycles. The number of carboxylic acid groups (broad SMARTS) is 1. The van der Waals surface area contributed by atoms with Crippen LogP contribution in [0.3, 0.4) is 0 Å². The van der Waals surface area contributed by atoms with E-state index >= 15 is 0 Å². The molecule has 8 atom stereocenters. The smallest absolute Gasteiger partial charge is 0.337 e. The van der Waals surface area contributed by atoms with Crippen LogP contribution in [0.1, 0.15) is 78.6 Å². The maximum atomic E-state index is 12.7. The van der Waals surface area contributed by atoms with Crippen LogP contribution in [0.2, 0.25) is 0 Å². The van der Waals surface area contributed by atoms with Gasteiger partial charge in [-0.2, -0.15) is 0 Å². The van der Waals surface area contributed by atoms with Crippen LogP contribution >= 0.6 is 0 Å². The lowest BCUT2D eigenvalue weighted by Crippen LogP contribution is -2.66. The molecule has 186 valence electrons. The number of hydrogen-bond acceptors (Lipinski definition) is 7. The molecule has 32 heavy (non-hydrogen) atoms. The number of aliphatic carboxylic acids is 1. The maximum Gasteiger partial charge on any atom is 0.337 e. The fourth-order valence-corrected chi connectivity index (χ4v) is 5.37. The quantitative estimate of drug-likeness (QED) is 0.271. The highest BCUT2D eigenvalue weighted by atomic mass is 16.5. The molecule has 8 heteroatoms. The second kappa shape index (κ2) is 11.6. The van der Waals surface area contributed by atoms with Crippen molar-refractivity contribution in [3.63, 3.8) is 0 Å². The van der Waals surface area contributed by atoms with E-state index < -0.39 is 30.6 Å². The van der Waals surface area contributed by atoms with Crippen molar-refractivity contribution in [1.82, 2.24) is 14.7 Å². The maximum absolute atomic E-state index is 12.7. The highest BCUT2D eigenvalue weighted by molar-refractivity contribution is 5.74. The number of carbonyl (C=O) groups is 1. The summed E-state index contributed by atoms with van der Waals surface area (Å²) in [4.78, 5) is 19.8. The van der Waals surface area contributed by atoms with Gasteiger partial charge in [0.2, 0.25) is 6.10 Å². The van der Waals surface area contributed by atoms with Crippen molar-refractivity contribution in [1.29, 1.82) is 0 Å². The minimum Gasteiger partial charge on any atom is -0.479 e. The minimum absolute atomic E-state index is 0.177. The number of unbranched alkanes of at least 4 members (excludes halogenated alkanes) is 3. The van der Waals surface area contributed by atoms with Crippen LogP contribution in [-0.2, 0) is 9.53 Å². The van der Waals surface area contributed by atoms with Crippen LogP contribution in [0.4, 0.5) is 0 Å².